The second kappa shape index (κ2) is 6.99. The average Bonchev–Trinajstić information content (AvgIpc) is 3.15. The molecule has 0 aliphatic rings. The van der Waals surface area contributed by atoms with E-state index in [0.29, 0.717) is 5.56 Å². The van der Waals surface area contributed by atoms with Crippen molar-refractivity contribution in [2.75, 3.05) is 0 Å². The number of pyridine rings is 1. The summed E-state index contributed by atoms with van der Waals surface area (Å²) in [5.74, 6) is 0.879. The first-order chi connectivity index (χ1) is 13.8. The van der Waals surface area contributed by atoms with Gasteiger partial charge < -0.3 is 9.88 Å². The number of para-hydroxylation sites is 2. The summed E-state index contributed by atoms with van der Waals surface area (Å²) in [6.45, 7) is 7.98. The molecule has 3 aromatic heterocycles. The second-order valence-corrected chi connectivity index (χ2v) is 7.93. The van der Waals surface area contributed by atoms with Gasteiger partial charge in [0.1, 0.15) is 5.82 Å². The number of aromatic nitrogens is 5. The van der Waals surface area contributed by atoms with Crippen molar-refractivity contribution in [1.29, 1.82) is 0 Å². The number of rotatable bonds is 4. The van der Waals surface area contributed by atoms with E-state index in [1.54, 1.807) is 4.68 Å². The molecule has 150 valence electrons. The standard InChI is InChI=1S/C22H26N6O/c1-12(2)19(21-24-16-9-7-8-10-17(16)27(21)5)25-22(29)15-11-13(3)23-20-18(15)14(4)26-28(20)6/h7-12,19H,1-6H3,(H,25,29)/t19-/m0/s1. The summed E-state index contributed by atoms with van der Waals surface area (Å²) in [6.07, 6.45) is 0. The Morgan fingerprint density at radius 3 is 2.52 bits per heavy atom. The van der Waals surface area contributed by atoms with Crippen LogP contribution in [0.15, 0.2) is 30.3 Å². The molecule has 0 aliphatic heterocycles. The fourth-order valence-electron chi connectivity index (χ4n) is 3.94. The van der Waals surface area contributed by atoms with Crippen molar-refractivity contribution in [3.63, 3.8) is 0 Å². The van der Waals surface area contributed by atoms with Crippen LogP contribution in [0.2, 0.25) is 0 Å². The number of hydrogen-bond acceptors (Lipinski definition) is 4. The van der Waals surface area contributed by atoms with Crippen molar-refractivity contribution in [2.45, 2.75) is 33.7 Å². The van der Waals surface area contributed by atoms with Gasteiger partial charge in [-0.25, -0.2) is 9.97 Å². The number of amides is 1. The molecule has 0 unspecified atom stereocenters. The highest BCUT2D eigenvalue weighted by Gasteiger charge is 2.26. The van der Waals surface area contributed by atoms with Crippen LogP contribution in [0.5, 0.6) is 0 Å². The largest absolute Gasteiger partial charge is 0.342 e. The third-order valence-electron chi connectivity index (χ3n) is 5.39. The molecular formula is C22H26N6O. The second-order valence-electron chi connectivity index (χ2n) is 7.93. The predicted molar refractivity (Wildman–Crippen MR) is 114 cm³/mol. The van der Waals surface area contributed by atoms with Crippen LogP contribution in [-0.2, 0) is 14.1 Å². The van der Waals surface area contributed by atoms with E-state index in [1.165, 1.54) is 0 Å². The van der Waals surface area contributed by atoms with E-state index < -0.39 is 0 Å². The smallest absolute Gasteiger partial charge is 0.252 e. The lowest BCUT2D eigenvalue weighted by Gasteiger charge is -2.22. The molecule has 1 amide bonds. The predicted octanol–water partition coefficient (Wildman–Crippen LogP) is 3.60. The quantitative estimate of drug-likeness (QED) is 0.578. The van der Waals surface area contributed by atoms with Crippen molar-refractivity contribution < 1.29 is 4.79 Å². The Morgan fingerprint density at radius 1 is 1.10 bits per heavy atom. The molecule has 0 bridgehead atoms. The highest BCUT2D eigenvalue weighted by atomic mass is 16.1. The molecule has 1 atom stereocenters. The van der Waals surface area contributed by atoms with E-state index in [1.807, 2.05) is 58.3 Å². The molecule has 0 radical (unpaired) electrons. The average molecular weight is 390 g/mol. The number of hydrogen-bond donors (Lipinski definition) is 1. The van der Waals surface area contributed by atoms with Crippen LogP contribution in [-0.4, -0.2) is 30.2 Å². The van der Waals surface area contributed by atoms with Crippen LogP contribution in [0.1, 0.15) is 47.5 Å². The van der Waals surface area contributed by atoms with E-state index in [0.717, 1.165) is 39.3 Å². The molecule has 4 rings (SSSR count). The summed E-state index contributed by atoms with van der Waals surface area (Å²) in [7, 11) is 3.84. The van der Waals surface area contributed by atoms with Crippen LogP contribution in [0.4, 0.5) is 0 Å². The Morgan fingerprint density at radius 2 is 1.83 bits per heavy atom. The van der Waals surface area contributed by atoms with Crippen molar-refractivity contribution in [3.8, 4) is 0 Å². The zero-order valence-electron chi connectivity index (χ0n) is 17.7. The van der Waals surface area contributed by atoms with Gasteiger partial charge in [-0.2, -0.15) is 5.10 Å². The molecular weight excluding hydrogens is 364 g/mol. The van der Waals surface area contributed by atoms with Gasteiger partial charge in [0.05, 0.1) is 33.7 Å². The first kappa shape index (κ1) is 19.1. The van der Waals surface area contributed by atoms with E-state index >= 15 is 0 Å². The van der Waals surface area contributed by atoms with Gasteiger partial charge in [0, 0.05) is 19.8 Å². The summed E-state index contributed by atoms with van der Waals surface area (Å²) >= 11 is 0. The van der Waals surface area contributed by atoms with Gasteiger partial charge in [-0.15, -0.1) is 0 Å². The summed E-state index contributed by atoms with van der Waals surface area (Å²) in [4.78, 5) is 22.7. The molecule has 3 heterocycles. The molecule has 0 saturated heterocycles. The van der Waals surface area contributed by atoms with Gasteiger partial charge in [0.2, 0.25) is 0 Å². The van der Waals surface area contributed by atoms with Crippen LogP contribution in [0.25, 0.3) is 22.1 Å². The van der Waals surface area contributed by atoms with E-state index in [9.17, 15) is 4.79 Å². The molecule has 0 spiro atoms. The molecule has 7 nitrogen and oxygen atoms in total. The Labute approximate surface area is 169 Å². The third kappa shape index (κ3) is 3.16. The number of carbonyl (C=O) groups excluding carboxylic acids is 1. The van der Waals surface area contributed by atoms with Gasteiger partial charge in [-0.1, -0.05) is 26.0 Å². The maximum Gasteiger partial charge on any atom is 0.252 e. The van der Waals surface area contributed by atoms with Crippen LogP contribution in [0, 0.1) is 19.8 Å². The number of benzene rings is 1. The van der Waals surface area contributed by atoms with E-state index in [-0.39, 0.29) is 17.9 Å². The first-order valence-electron chi connectivity index (χ1n) is 9.81. The molecule has 1 N–H and O–H groups in total. The summed E-state index contributed by atoms with van der Waals surface area (Å²) in [5, 5.41) is 8.46. The summed E-state index contributed by atoms with van der Waals surface area (Å²) < 4.78 is 3.78. The SMILES string of the molecule is Cc1cc(C(=O)N[C@H](c2nc3ccccc3n2C)C(C)C)c2c(C)nn(C)c2n1. The first-order valence-corrected chi connectivity index (χ1v) is 9.81. The number of carbonyl (C=O) groups is 1. The lowest BCUT2D eigenvalue weighted by atomic mass is 10.0. The fraction of sp³-hybridized carbons (Fsp3) is 0.364. The third-order valence-corrected chi connectivity index (χ3v) is 5.39. The van der Waals surface area contributed by atoms with Gasteiger partial charge in [-0.05, 0) is 38.0 Å². The Bertz CT molecular complexity index is 1230. The number of aryl methyl sites for hydroxylation is 4. The van der Waals surface area contributed by atoms with Crippen LogP contribution >= 0.6 is 0 Å². The van der Waals surface area contributed by atoms with Gasteiger partial charge in [-0.3, -0.25) is 9.48 Å². The molecule has 1 aromatic carbocycles. The van der Waals surface area contributed by atoms with Crippen LogP contribution in [0.3, 0.4) is 0 Å². The van der Waals surface area contributed by atoms with Gasteiger partial charge in [0.15, 0.2) is 5.65 Å². The normalized spacial score (nSPS) is 12.8. The molecule has 0 aliphatic carbocycles. The highest BCUT2D eigenvalue weighted by molar-refractivity contribution is 6.06. The van der Waals surface area contributed by atoms with E-state index in [2.05, 4.69) is 33.8 Å². The van der Waals surface area contributed by atoms with Gasteiger partial charge in [0.25, 0.3) is 5.91 Å². The highest BCUT2D eigenvalue weighted by Crippen LogP contribution is 2.27. The number of nitrogens with one attached hydrogen (secondary N) is 1. The number of nitrogens with zero attached hydrogens (tertiary/aromatic N) is 5. The summed E-state index contributed by atoms with van der Waals surface area (Å²) in [6, 6.07) is 9.62. The molecule has 4 aromatic rings. The summed E-state index contributed by atoms with van der Waals surface area (Å²) in [5.41, 5.74) is 4.88. The van der Waals surface area contributed by atoms with Crippen molar-refractivity contribution in [3.05, 3.63) is 53.1 Å². The topological polar surface area (TPSA) is 77.6 Å². The maximum absolute atomic E-state index is 13.4. The number of fused-ring (bicyclic) bond motifs is 2. The van der Waals surface area contributed by atoms with Crippen molar-refractivity contribution in [1.82, 2.24) is 29.6 Å². The zero-order valence-corrected chi connectivity index (χ0v) is 17.7. The minimum absolute atomic E-state index is 0.137. The lowest BCUT2D eigenvalue weighted by Crippen LogP contribution is -2.33. The minimum Gasteiger partial charge on any atom is -0.342 e. The Balaban J connectivity index is 1.78. The molecule has 7 heteroatoms. The maximum atomic E-state index is 13.4. The lowest BCUT2D eigenvalue weighted by molar-refractivity contribution is 0.0924. The minimum atomic E-state index is -0.222. The Hall–Kier alpha value is -3.22. The Kier molecular flexibility index (Phi) is 4.61. The van der Waals surface area contributed by atoms with E-state index in [4.69, 9.17) is 4.98 Å². The zero-order chi connectivity index (χ0) is 20.9. The molecule has 0 fully saturated rings. The van der Waals surface area contributed by atoms with Gasteiger partial charge >= 0.3 is 0 Å². The van der Waals surface area contributed by atoms with Crippen LogP contribution < -0.4 is 5.32 Å². The number of imidazole rings is 1. The van der Waals surface area contributed by atoms with Crippen molar-refractivity contribution in [2.24, 2.45) is 20.0 Å². The monoisotopic (exact) mass is 390 g/mol. The molecule has 0 saturated carbocycles. The van der Waals surface area contributed by atoms with Crippen molar-refractivity contribution >= 4 is 28.0 Å². The fourth-order valence-corrected chi connectivity index (χ4v) is 3.94. The molecule has 29 heavy (non-hydrogen) atoms.